The predicted molar refractivity (Wildman–Crippen MR) is 145 cm³/mol. The quantitative estimate of drug-likeness (QED) is 0.199. The van der Waals surface area contributed by atoms with E-state index in [1.54, 1.807) is 37.3 Å². The summed E-state index contributed by atoms with van der Waals surface area (Å²) >= 11 is 0. The molecule has 1 aromatic carbocycles. The number of hydrogen-bond acceptors (Lipinski definition) is 5. The SMILES string of the molecule is CCCCCCCCCCCCCCCCN1C(=O)C(O)=C(C(C)=O)[C@@H]1c1ccc(OC)cc1OC. The van der Waals surface area contributed by atoms with Gasteiger partial charge in [0.1, 0.15) is 11.5 Å². The van der Waals surface area contributed by atoms with Crippen molar-refractivity contribution in [1.29, 1.82) is 0 Å². The molecule has 0 spiro atoms. The fraction of sp³-hybridized carbons (Fsp3) is 0.667. The Hall–Kier alpha value is -2.50. The van der Waals surface area contributed by atoms with Crippen molar-refractivity contribution in [3.63, 3.8) is 0 Å². The first-order valence-electron chi connectivity index (χ1n) is 13.9. The molecule has 1 aliphatic rings. The summed E-state index contributed by atoms with van der Waals surface area (Å²) in [6, 6.07) is 4.66. The number of amides is 1. The van der Waals surface area contributed by atoms with Crippen LogP contribution >= 0.6 is 0 Å². The number of methoxy groups -OCH3 is 2. The monoisotopic (exact) mass is 501 g/mol. The Bertz CT molecular complexity index is 863. The Balaban J connectivity index is 1.81. The van der Waals surface area contributed by atoms with Crippen LogP contribution in [0.15, 0.2) is 29.5 Å². The second-order valence-electron chi connectivity index (χ2n) is 9.92. The number of Topliss-reactive ketones (excluding diaryl/α,β-unsaturated/α-hetero) is 1. The number of benzene rings is 1. The van der Waals surface area contributed by atoms with Gasteiger partial charge in [0.05, 0.1) is 25.8 Å². The van der Waals surface area contributed by atoms with Crippen molar-refractivity contribution in [2.75, 3.05) is 20.8 Å². The summed E-state index contributed by atoms with van der Waals surface area (Å²) in [4.78, 5) is 26.9. The molecular formula is C30H47NO5. The van der Waals surface area contributed by atoms with Gasteiger partial charge in [-0.2, -0.15) is 0 Å². The molecule has 0 aliphatic carbocycles. The predicted octanol–water partition coefficient (Wildman–Crippen LogP) is 7.47. The minimum absolute atomic E-state index is 0.133. The first-order valence-corrected chi connectivity index (χ1v) is 13.9. The van der Waals surface area contributed by atoms with Crippen LogP contribution in [-0.2, 0) is 9.59 Å². The van der Waals surface area contributed by atoms with Crippen LogP contribution in [0.25, 0.3) is 0 Å². The lowest BCUT2D eigenvalue weighted by Gasteiger charge is -2.28. The Morgan fingerprint density at radius 3 is 1.86 bits per heavy atom. The van der Waals surface area contributed by atoms with Gasteiger partial charge in [0.25, 0.3) is 5.91 Å². The molecule has 0 fully saturated rings. The van der Waals surface area contributed by atoms with E-state index < -0.39 is 17.7 Å². The molecule has 1 aromatic rings. The number of carbonyl (C=O) groups is 2. The van der Waals surface area contributed by atoms with E-state index in [4.69, 9.17) is 9.47 Å². The van der Waals surface area contributed by atoms with Gasteiger partial charge in [0.2, 0.25) is 0 Å². The summed E-state index contributed by atoms with van der Waals surface area (Å²) < 4.78 is 10.8. The fourth-order valence-corrected chi connectivity index (χ4v) is 5.09. The minimum Gasteiger partial charge on any atom is -0.503 e. The van der Waals surface area contributed by atoms with Crippen LogP contribution in [0, 0.1) is 0 Å². The van der Waals surface area contributed by atoms with Gasteiger partial charge in [-0.1, -0.05) is 90.4 Å². The number of unbranched alkanes of at least 4 members (excludes halogenated alkanes) is 13. The van der Waals surface area contributed by atoms with Crippen molar-refractivity contribution < 1.29 is 24.2 Å². The maximum absolute atomic E-state index is 12.9. The van der Waals surface area contributed by atoms with Gasteiger partial charge in [-0.3, -0.25) is 9.59 Å². The lowest BCUT2D eigenvalue weighted by Crippen LogP contribution is -2.32. The van der Waals surface area contributed by atoms with Crippen molar-refractivity contribution in [1.82, 2.24) is 4.90 Å². The van der Waals surface area contributed by atoms with E-state index in [1.165, 1.54) is 77.6 Å². The molecule has 0 bridgehead atoms. The summed E-state index contributed by atoms with van der Waals surface area (Å²) in [5, 5.41) is 10.5. The Morgan fingerprint density at radius 2 is 1.39 bits per heavy atom. The van der Waals surface area contributed by atoms with E-state index in [-0.39, 0.29) is 11.4 Å². The first kappa shape index (κ1) is 29.7. The molecule has 1 N–H and O–H groups in total. The van der Waals surface area contributed by atoms with Crippen LogP contribution in [-0.4, -0.2) is 42.5 Å². The molecule has 36 heavy (non-hydrogen) atoms. The number of ketones is 1. The van der Waals surface area contributed by atoms with E-state index in [0.717, 1.165) is 19.3 Å². The van der Waals surface area contributed by atoms with Crippen molar-refractivity contribution >= 4 is 11.7 Å². The van der Waals surface area contributed by atoms with Gasteiger partial charge >= 0.3 is 0 Å². The Labute approximate surface area is 218 Å². The topological polar surface area (TPSA) is 76.1 Å². The second-order valence-corrected chi connectivity index (χ2v) is 9.92. The van der Waals surface area contributed by atoms with Crippen molar-refractivity contribution in [3.05, 3.63) is 35.1 Å². The normalized spacial score (nSPS) is 15.6. The van der Waals surface area contributed by atoms with Gasteiger partial charge in [-0.05, 0) is 25.5 Å². The number of aliphatic hydroxyl groups is 1. The van der Waals surface area contributed by atoms with Crippen molar-refractivity contribution in [2.45, 2.75) is 110 Å². The number of nitrogens with zero attached hydrogens (tertiary/aromatic N) is 1. The third-order valence-corrected chi connectivity index (χ3v) is 7.17. The second kappa shape index (κ2) is 16.3. The van der Waals surface area contributed by atoms with Gasteiger partial charge < -0.3 is 19.5 Å². The summed E-state index contributed by atoms with van der Waals surface area (Å²) in [6.45, 7) is 4.13. The molecule has 6 heteroatoms. The lowest BCUT2D eigenvalue weighted by molar-refractivity contribution is -0.129. The summed E-state index contributed by atoms with van der Waals surface area (Å²) in [5.74, 6) is -0.108. The van der Waals surface area contributed by atoms with E-state index >= 15 is 0 Å². The molecule has 2 rings (SSSR count). The van der Waals surface area contributed by atoms with Crippen LogP contribution in [0.5, 0.6) is 11.5 Å². The third kappa shape index (κ3) is 8.56. The van der Waals surface area contributed by atoms with Gasteiger partial charge in [-0.15, -0.1) is 0 Å². The van der Waals surface area contributed by atoms with Gasteiger partial charge in [0.15, 0.2) is 11.5 Å². The number of ether oxygens (including phenoxy) is 2. The van der Waals surface area contributed by atoms with Crippen LogP contribution in [0.1, 0.15) is 115 Å². The highest BCUT2D eigenvalue weighted by Crippen LogP contribution is 2.42. The van der Waals surface area contributed by atoms with Crippen LogP contribution in [0.3, 0.4) is 0 Å². The molecule has 0 saturated heterocycles. The smallest absolute Gasteiger partial charge is 0.290 e. The summed E-state index contributed by atoms with van der Waals surface area (Å²) in [6.07, 6.45) is 17.7. The maximum atomic E-state index is 12.9. The number of carbonyl (C=O) groups excluding carboxylic acids is 2. The van der Waals surface area contributed by atoms with Crippen molar-refractivity contribution in [2.24, 2.45) is 0 Å². The minimum atomic E-state index is -0.655. The number of hydrogen-bond donors (Lipinski definition) is 1. The third-order valence-electron chi connectivity index (χ3n) is 7.17. The van der Waals surface area contributed by atoms with Crippen LogP contribution in [0.2, 0.25) is 0 Å². The van der Waals surface area contributed by atoms with E-state index in [9.17, 15) is 14.7 Å². The molecule has 0 unspecified atom stereocenters. The maximum Gasteiger partial charge on any atom is 0.290 e. The highest BCUT2D eigenvalue weighted by atomic mass is 16.5. The summed E-state index contributed by atoms with van der Waals surface area (Å²) in [7, 11) is 3.12. The molecule has 1 amide bonds. The van der Waals surface area contributed by atoms with Crippen LogP contribution < -0.4 is 9.47 Å². The van der Waals surface area contributed by atoms with E-state index in [0.29, 0.717) is 23.6 Å². The Morgan fingerprint density at radius 1 is 0.861 bits per heavy atom. The standard InChI is InChI=1S/C30H47NO5/c1-5-6-7-8-9-10-11-12-13-14-15-16-17-18-21-31-28(27(23(2)32)29(33)30(31)34)25-20-19-24(35-3)22-26(25)36-4/h19-20,22,28,33H,5-18,21H2,1-4H3/t28-/m0/s1. The van der Waals surface area contributed by atoms with Gasteiger partial charge in [0, 0.05) is 18.2 Å². The fourth-order valence-electron chi connectivity index (χ4n) is 5.09. The lowest BCUT2D eigenvalue weighted by atomic mass is 9.95. The molecule has 1 heterocycles. The molecule has 1 atom stereocenters. The number of aliphatic hydroxyl groups excluding tert-OH is 1. The highest BCUT2D eigenvalue weighted by Gasteiger charge is 2.43. The number of rotatable bonds is 19. The Kier molecular flexibility index (Phi) is 13.4. The zero-order valence-corrected chi connectivity index (χ0v) is 22.9. The molecule has 1 aliphatic heterocycles. The van der Waals surface area contributed by atoms with Crippen LogP contribution in [0.4, 0.5) is 0 Å². The van der Waals surface area contributed by atoms with E-state index in [2.05, 4.69) is 6.92 Å². The molecule has 6 nitrogen and oxygen atoms in total. The molecule has 0 aromatic heterocycles. The highest BCUT2D eigenvalue weighted by molar-refractivity contribution is 6.08. The van der Waals surface area contributed by atoms with E-state index in [1.807, 2.05) is 0 Å². The molecule has 0 radical (unpaired) electrons. The average molecular weight is 502 g/mol. The molecule has 202 valence electrons. The average Bonchev–Trinajstić information content (AvgIpc) is 3.13. The zero-order valence-electron chi connectivity index (χ0n) is 22.9. The first-order chi connectivity index (χ1) is 17.5. The van der Waals surface area contributed by atoms with Gasteiger partial charge in [-0.25, -0.2) is 0 Å². The van der Waals surface area contributed by atoms with Crippen molar-refractivity contribution in [3.8, 4) is 11.5 Å². The zero-order chi connectivity index (χ0) is 26.3. The molecule has 0 saturated carbocycles. The molecular weight excluding hydrogens is 454 g/mol. The summed E-state index contributed by atoms with van der Waals surface area (Å²) in [5.41, 5.74) is 0.806. The largest absolute Gasteiger partial charge is 0.503 e.